The molecule has 0 amide bonds. The van der Waals surface area contributed by atoms with Crippen molar-refractivity contribution in [3.8, 4) is 0 Å². The van der Waals surface area contributed by atoms with Crippen LogP contribution in [0.3, 0.4) is 0 Å². The first-order valence-corrected chi connectivity index (χ1v) is 8.31. The number of halogens is 1. The number of nitrogens with one attached hydrogen (secondary N) is 1. The molecule has 1 aromatic heterocycles. The van der Waals surface area contributed by atoms with Gasteiger partial charge in [-0.15, -0.1) is 0 Å². The van der Waals surface area contributed by atoms with E-state index in [1.165, 1.54) is 19.0 Å². The van der Waals surface area contributed by atoms with E-state index >= 15 is 0 Å². The molecule has 1 aliphatic carbocycles. The average molecular weight is 292 g/mol. The van der Waals surface area contributed by atoms with Gasteiger partial charge >= 0.3 is 0 Å². The van der Waals surface area contributed by atoms with Gasteiger partial charge in [0.25, 0.3) is 0 Å². The topological polar surface area (TPSA) is 24.9 Å². The molecule has 0 radical (unpaired) electrons. The summed E-state index contributed by atoms with van der Waals surface area (Å²) in [6, 6.07) is 2.18. The molecule has 0 aliphatic heterocycles. The van der Waals surface area contributed by atoms with Crippen LogP contribution < -0.4 is 5.32 Å². The van der Waals surface area contributed by atoms with E-state index in [1.807, 2.05) is 6.20 Å². The first-order chi connectivity index (χ1) is 9.97. The van der Waals surface area contributed by atoms with Gasteiger partial charge in [-0.25, -0.2) is 4.39 Å². The molecule has 0 bridgehead atoms. The van der Waals surface area contributed by atoms with Gasteiger partial charge in [0.15, 0.2) is 0 Å². The molecule has 1 saturated carbocycles. The maximum atomic E-state index is 13.5. The average Bonchev–Trinajstić information content (AvgIpc) is 2.44. The lowest BCUT2D eigenvalue weighted by atomic mass is 9.68. The predicted octanol–water partition coefficient (Wildman–Crippen LogP) is 4.37. The van der Waals surface area contributed by atoms with Crippen molar-refractivity contribution in [3.05, 3.63) is 29.8 Å². The summed E-state index contributed by atoms with van der Waals surface area (Å²) in [5.41, 5.74) is 1.08. The summed E-state index contributed by atoms with van der Waals surface area (Å²) < 4.78 is 13.5. The molecule has 0 saturated heterocycles. The summed E-state index contributed by atoms with van der Waals surface area (Å²) in [6.45, 7) is 9.98. The van der Waals surface area contributed by atoms with E-state index in [0.717, 1.165) is 24.4 Å². The van der Waals surface area contributed by atoms with E-state index in [-0.39, 0.29) is 5.82 Å². The standard InChI is InChI=1S/C18H29FN2/c1-12(2)14-5-6-15(10-21-13(3)4)18(8-14)16-7-17(19)11-20-9-16/h7,9,11-15,18,21H,5-6,8,10H2,1-4H3. The largest absolute Gasteiger partial charge is 0.314 e. The Morgan fingerprint density at radius 3 is 2.62 bits per heavy atom. The van der Waals surface area contributed by atoms with Gasteiger partial charge in [-0.2, -0.15) is 0 Å². The Morgan fingerprint density at radius 2 is 2.00 bits per heavy atom. The number of hydrogen-bond donors (Lipinski definition) is 1. The van der Waals surface area contributed by atoms with Gasteiger partial charge in [-0.05, 0) is 61.1 Å². The fourth-order valence-corrected chi connectivity index (χ4v) is 3.54. The van der Waals surface area contributed by atoms with Crippen LogP contribution in [0.4, 0.5) is 4.39 Å². The molecule has 1 heterocycles. The van der Waals surface area contributed by atoms with Crippen LogP contribution in [0.5, 0.6) is 0 Å². The number of pyridine rings is 1. The van der Waals surface area contributed by atoms with Crippen LogP contribution in [0.2, 0.25) is 0 Å². The Balaban J connectivity index is 2.15. The molecule has 3 unspecified atom stereocenters. The zero-order valence-corrected chi connectivity index (χ0v) is 13.8. The summed E-state index contributed by atoms with van der Waals surface area (Å²) >= 11 is 0. The van der Waals surface area contributed by atoms with Crippen LogP contribution in [0.1, 0.15) is 58.4 Å². The maximum Gasteiger partial charge on any atom is 0.141 e. The van der Waals surface area contributed by atoms with Crippen LogP contribution in [0.25, 0.3) is 0 Å². The minimum absolute atomic E-state index is 0.213. The second-order valence-corrected chi connectivity index (χ2v) is 7.18. The third kappa shape index (κ3) is 4.50. The van der Waals surface area contributed by atoms with Crippen LogP contribution >= 0.6 is 0 Å². The summed E-state index contributed by atoms with van der Waals surface area (Å²) in [6.07, 6.45) is 6.84. The second-order valence-electron chi connectivity index (χ2n) is 7.18. The minimum Gasteiger partial charge on any atom is -0.314 e. The van der Waals surface area contributed by atoms with E-state index in [2.05, 4.69) is 38.0 Å². The molecule has 118 valence electrons. The van der Waals surface area contributed by atoms with Crippen LogP contribution in [0.15, 0.2) is 18.5 Å². The quantitative estimate of drug-likeness (QED) is 0.871. The number of hydrogen-bond acceptors (Lipinski definition) is 2. The van der Waals surface area contributed by atoms with Gasteiger partial charge in [-0.1, -0.05) is 27.7 Å². The third-order valence-electron chi connectivity index (χ3n) is 4.92. The Bertz CT molecular complexity index is 445. The third-order valence-corrected chi connectivity index (χ3v) is 4.92. The molecule has 3 heteroatoms. The Morgan fingerprint density at radius 1 is 1.24 bits per heavy atom. The molecule has 3 atom stereocenters. The fraction of sp³-hybridized carbons (Fsp3) is 0.722. The molecule has 2 rings (SSSR count). The lowest BCUT2D eigenvalue weighted by Crippen LogP contribution is -2.36. The van der Waals surface area contributed by atoms with Crippen LogP contribution in [-0.4, -0.2) is 17.6 Å². The van der Waals surface area contributed by atoms with Gasteiger partial charge in [-0.3, -0.25) is 4.98 Å². The number of nitrogens with zero attached hydrogens (tertiary/aromatic N) is 1. The molecule has 21 heavy (non-hydrogen) atoms. The lowest BCUT2D eigenvalue weighted by molar-refractivity contribution is 0.188. The molecule has 1 fully saturated rings. The zero-order chi connectivity index (χ0) is 15.4. The van der Waals surface area contributed by atoms with E-state index < -0.39 is 0 Å². The first kappa shape index (κ1) is 16.4. The molecule has 0 aromatic carbocycles. The van der Waals surface area contributed by atoms with Crippen LogP contribution in [0, 0.1) is 23.6 Å². The minimum atomic E-state index is -0.213. The van der Waals surface area contributed by atoms with Crippen LogP contribution in [-0.2, 0) is 0 Å². The van der Waals surface area contributed by atoms with E-state index in [1.54, 1.807) is 6.07 Å². The molecule has 1 aliphatic rings. The summed E-state index contributed by atoms with van der Waals surface area (Å²) in [5.74, 6) is 2.25. The predicted molar refractivity (Wildman–Crippen MR) is 85.7 cm³/mol. The van der Waals surface area contributed by atoms with Crippen molar-refractivity contribution < 1.29 is 4.39 Å². The highest BCUT2D eigenvalue weighted by molar-refractivity contribution is 5.18. The van der Waals surface area contributed by atoms with Crippen molar-refractivity contribution in [2.75, 3.05) is 6.54 Å². The number of rotatable bonds is 5. The van der Waals surface area contributed by atoms with Gasteiger partial charge in [0.2, 0.25) is 0 Å². The first-order valence-electron chi connectivity index (χ1n) is 8.31. The highest BCUT2D eigenvalue weighted by atomic mass is 19.1. The highest BCUT2D eigenvalue weighted by Crippen LogP contribution is 2.42. The SMILES string of the molecule is CC(C)NCC1CCC(C(C)C)CC1c1cncc(F)c1. The van der Waals surface area contributed by atoms with Crippen molar-refractivity contribution in [3.63, 3.8) is 0 Å². The normalized spacial score (nSPS) is 26.5. The fourth-order valence-electron chi connectivity index (χ4n) is 3.54. The van der Waals surface area contributed by atoms with Crippen molar-refractivity contribution in [1.29, 1.82) is 0 Å². The monoisotopic (exact) mass is 292 g/mol. The summed E-state index contributed by atoms with van der Waals surface area (Å²) in [5, 5.41) is 3.56. The molecule has 2 nitrogen and oxygen atoms in total. The zero-order valence-electron chi connectivity index (χ0n) is 13.8. The second kappa shape index (κ2) is 7.35. The Labute approximate surface area is 128 Å². The van der Waals surface area contributed by atoms with E-state index in [0.29, 0.717) is 23.8 Å². The summed E-state index contributed by atoms with van der Waals surface area (Å²) in [4.78, 5) is 4.06. The van der Waals surface area contributed by atoms with Crippen molar-refractivity contribution >= 4 is 0 Å². The van der Waals surface area contributed by atoms with Crippen molar-refractivity contribution in [2.24, 2.45) is 17.8 Å². The number of aromatic nitrogens is 1. The lowest BCUT2D eigenvalue weighted by Gasteiger charge is -2.38. The molecular weight excluding hydrogens is 263 g/mol. The molecule has 1 N–H and O–H groups in total. The van der Waals surface area contributed by atoms with E-state index in [4.69, 9.17) is 0 Å². The van der Waals surface area contributed by atoms with Gasteiger partial charge in [0.1, 0.15) is 5.82 Å². The van der Waals surface area contributed by atoms with Gasteiger partial charge in [0.05, 0.1) is 6.20 Å². The molecular formula is C18H29FN2. The Kier molecular flexibility index (Phi) is 5.74. The van der Waals surface area contributed by atoms with Crippen molar-refractivity contribution in [2.45, 2.75) is 58.9 Å². The smallest absolute Gasteiger partial charge is 0.141 e. The summed E-state index contributed by atoms with van der Waals surface area (Å²) in [7, 11) is 0. The van der Waals surface area contributed by atoms with Crippen molar-refractivity contribution in [1.82, 2.24) is 10.3 Å². The molecule has 0 spiro atoms. The maximum absolute atomic E-state index is 13.5. The van der Waals surface area contributed by atoms with Gasteiger partial charge < -0.3 is 5.32 Å². The van der Waals surface area contributed by atoms with Gasteiger partial charge in [0, 0.05) is 12.2 Å². The Hall–Kier alpha value is -0.960. The van der Waals surface area contributed by atoms with E-state index in [9.17, 15) is 4.39 Å². The highest BCUT2D eigenvalue weighted by Gasteiger charge is 2.33. The molecule has 1 aromatic rings.